The van der Waals surface area contributed by atoms with Crippen LogP contribution in [-0.2, 0) is 6.42 Å². The van der Waals surface area contributed by atoms with E-state index >= 15 is 0 Å². The predicted octanol–water partition coefficient (Wildman–Crippen LogP) is 4.36. The minimum absolute atomic E-state index is 0.204. The Kier molecular flexibility index (Phi) is 6.01. The Hall–Kier alpha value is -3.12. The highest BCUT2D eigenvalue weighted by Gasteiger charge is 2.11. The normalized spacial score (nSPS) is 10.2. The largest absolute Gasteiger partial charge is 0.338 e. The zero-order valence-corrected chi connectivity index (χ0v) is 14.9. The molecule has 132 valence electrons. The van der Waals surface area contributed by atoms with Crippen molar-refractivity contribution >= 4 is 34.6 Å². The summed E-state index contributed by atoms with van der Waals surface area (Å²) in [4.78, 5) is 24.3. The van der Waals surface area contributed by atoms with Crippen molar-refractivity contribution in [1.82, 2.24) is 5.32 Å². The third-order valence-electron chi connectivity index (χ3n) is 3.75. The lowest BCUT2D eigenvalue weighted by molar-refractivity contribution is 0.102. The molecule has 3 amide bonds. The molecule has 3 aromatic rings. The molecular formula is C20H19N3O2S. The molecule has 3 rings (SSSR count). The number of hydrogen-bond donors (Lipinski definition) is 3. The van der Waals surface area contributed by atoms with E-state index in [0.717, 1.165) is 12.0 Å². The Morgan fingerprint density at radius 3 is 2.23 bits per heavy atom. The molecule has 26 heavy (non-hydrogen) atoms. The smallest absolute Gasteiger partial charge is 0.319 e. The number of rotatable bonds is 6. The number of urea groups is 1. The first kappa shape index (κ1) is 17.7. The van der Waals surface area contributed by atoms with Gasteiger partial charge in [0.2, 0.25) is 0 Å². The minimum atomic E-state index is -0.307. The summed E-state index contributed by atoms with van der Waals surface area (Å²) in [5.41, 5.74) is 2.86. The molecule has 0 aliphatic carbocycles. The molecule has 1 aromatic heterocycles. The zero-order chi connectivity index (χ0) is 18.2. The molecule has 0 saturated heterocycles. The Bertz CT molecular complexity index is 864. The molecule has 0 atom stereocenters. The van der Waals surface area contributed by atoms with Crippen molar-refractivity contribution in [3.8, 4) is 0 Å². The summed E-state index contributed by atoms with van der Waals surface area (Å²) in [7, 11) is 0. The summed E-state index contributed by atoms with van der Waals surface area (Å²) < 4.78 is 0. The summed E-state index contributed by atoms with van der Waals surface area (Å²) in [6, 6.07) is 18.5. The number of carbonyl (C=O) groups is 2. The molecule has 0 radical (unpaired) electrons. The van der Waals surface area contributed by atoms with Gasteiger partial charge in [0.15, 0.2) is 0 Å². The van der Waals surface area contributed by atoms with Gasteiger partial charge in [-0.1, -0.05) is 42.5 Å². The van der Waals surface area contributed by atoms with E-state index in [9.17, 15) is 9.59 Å². The van der Waals surface area contributed by atoms with E-state index in [1.807, 2.05) is 41.8 Å². The van der Waals surface area contributed by atoms with Gasteiger partial charge in [-0.25, -0.2) is 4.79 Å². The molecule has 0 spiro atoms. The van der Waals surface area contributed by atoms with Crippen molar-refractivity contribution in [3.63, 3.8) is 0 Å². The Morgan fingerprint density at radius 2 is 1.54 bits per heavy atom. The maximum Gasteiger partial charge on any atom is 0.319 e. The monoisotopic (exact) mass is 365 g/mol. The maximum absolute atomic E-state index is 12.2. The molecule has 0 aliphatic heterocycles. The van der Waals surface area contributed by atoms with Crippen molar-refractivity contribution in [3.05, 3.63) is 82.6 Å². The van der Waals surface area contributed by atoms with Crippen molar-refractivity contribution < 1.29 is 9.59 Å². The quantitative estimate of drug-likeness (QED) is 0.607. The number of anilines is 2. The lowest BCUT2D eigenvalue weighted by atomic mass is 10.1. The van der Waals surface area contributed by atoms with Gasteiger partial charge in [0.25, 0.3) is 5.91 Å². The Morgan fingerprint density at radius 1 is 0.846 bits per heavy atom. The standard InChI is InChI=1S/C20H19N3O2S/c24-19(16-11-13-26-14-16)22-17-8-4-5-9-18(17)23-20(25)21-12-10-15-6-2-1-3-7-15/h1-9,11,13-14H,10,12H2,(H,22,24)(H2,21,23,25). The van der Waals surface area contributed by atoms with Gasteiger partial charge in [-0.05, 0) is 35.6 Å². The average molecular weight is 365 g/mol. The third-order valence-corrected chi connectivity index (χ3v) is 4.43. The van der Waals surface area contributed by atoms with Crippen LogP contribution in [0.4, 0.5) is 16.2 Å². The molecule has 0 saturated carbocycles. The van der Waals surface area contributed by atoms with Crippen LogP contribution in [0.3, 0.4) is 0 Å². The highest BCUT2D eigenvalue weighted by Crippen LogP contribution is 2.22. The van der Waals surface area contributed by atoms with Crippen LogP contribution >= 0.6 is 11.3 Å². The summed E-state index contributed by atoms with van der Waals surface area (Å²) in [6.07, 6.45) is 0.755. The molecule has 5 nitrogen and oxygen atoms in total. The lowest BCUT2D eigenvalue weighted by Gasteiger charge is -2.12. The lowest BCUT2D eigenvalue weighted by Crippen LogP contribution is -2.30. The number of nitrogens with one attached hydrogen (secondary N) is 3. The van der Waals surface area contributed by atoms with Crippen LogP contribution in [0.2, 0.25) is 0 Å². The summed E-state index contributed by atoms with van der Waals surface area (Å²) in [5.74, 6) is -0.204. The molecule has 6 heteroatoms. The third kappa shape index (κ3) is 4.94. The zero-order valence-electron chi connectivity index (χ0n) is 14.1. The summed E-state index contributed by atoms with van der Waals surface area (Å²) in [6.45, 7) is 0.527. The number of para-hydroxylation sites is 2. The molecule has 0 unspecified atom stereocenters. The second kappa shape index (κ2) is 8.82. The highest BCUT2D eigenvalue weighted by atomic mass is 32.1. The first-order valence-electron chi connectivity index (χ1n) is 8.24. The molecule has 0 fully saturated rings. The van der Waals surface area contributed by atoms with Crippen LogP contribution in [0.25, 0.3) is 0 Å². The number of amides is 3. The van der Waals surface area contributed by atoms with Crippen molar-refractivity contribution in [2.45, 2.75) is 6.42 Å². The Labute approximate surface area is 156 Å². The van der Waals surface area contributed by atoms with E-state index in [2.05, 4.69) is 16.0 Å². The fourth-order valence-electron chi connectivity index (χ4n) is 2.42. The van der Waals surface area contributed by atoms with E-state index in [0.29, 0.717) is 23.5 Å². The first-order chi connectivity index (χ1) is 12.7. The minimum Gasteiger partial charge on any atom is -0.338 e. The van der Waals surface area contributed by atoms with Gasteiger partial charge in [0.1, 0.15) is 0 Å². The van der Waals surface area contributed by atoms with E-state index < -0.39 is 0 Å². The Balaban J connectivity index is 1.55. The summed E-state index contributed by atoms with van der Waals surface area (Å²) >= 11 is 1.46. The number of carbonyl (C=O) groups excluding carboxylic acids is 2. The van der Waals surface area contributed by atoms with Gasteiger partial charge >= 0.3 is 6.03 Å². The molecule has 1 heterocycles. The SMILES string of the molecule is O=C(NCCc1ccccc1)Nc1ccccc1NC(=O)c1ccsc1. The maximum atomic E-state index is 12.2. The van der Waals surface area contributed by atoms with Crippen LogP contribution in [0.1, 0.15) is 15.9 Å². The van der Waals surface area contributed by atoms with Gasteiger partial charge in [-0.2, -0.15) is 11.3 Å². The number of hydrogen-bond acceptors (Lipinski definition) is 3. The highest BCUT2D eigenvalue weighted by molar-refractivity contribution is 7.08. The topological polar surface area (TPSA) is 70.2 Å². The van der Waals surface area contributed by atoms with Crippen molar-refractivity contribution in [1.29, 1.82) is 0 Å². The fraction of sp³-hybridized carbons (Fsp3) is 0.100. The van der Waals surface area contributed by atoms with E-state index in [-0.39, 0.29) is 11.9 Å². The van der Waals surface area contributed by atoms with Crippen molar-refractivity contribution in [2.75, 3.05) is 17.2 Å². The van der Waals surface area contributed by atoms with Gasteiger partial charge < -0.3 is 16.0 Å². The average Bonchev–Trinajstić information content (AvgIpc) is 3.19. The number of benzene rings is 2. The predicted molar refractivity (Wildman–Crippen MR) is 106 cm³/mol. The second-order valence-corrected chi connectivity index (χ2v) is 6.41. The second-order valence-electron chi connectivity index (χ2n) is 5.63. The molecular weight excluding hydrogens is 346 g/mol. The van der Waals surface area contributed by atoms with Gasteiger partial charge in [-0.15, -0.1) is 0 Å². The van der Waals surface area contributed by atoms with Crippen LogP contribution in [0.5, 0.6) is 0 Å². The first-order valence-corrected chi connectivity index (χ1v) is 9.18. The van der Waals surface area contributed by atoms with E-state index in [1.54, 1.807) is 29.6 Å². The van der Waals surface area contributed by atoms with Crippen LogP contribution < -0.4 is 16.0 Å². The number of thiophene rings is 1. The van der Waals surface area contributed by atoms with Crippen LogP contribution in [-0.4, -0.2) is 18.5 Å². The summed E-state index contributed by atoms with van der Waals surface area (Å²) in [5, 5.41) is 12.1. The van der Waals surface area contributed by atoms with Gasteiger partial charge in [0.05, 0.1) is 16.9 Å². The van der Waals surface area contributed by atoms with E-state index in [1.165, 1.54) is 11.3 Å². The van der Waals surface area contributed by atoms with Gasteiger partial charge in [0, 0.05) is 11.9 Å². The fourth-order valence-corrected chi connectivity index (χ4v) is 3.06. The molecule has 3 N–H and O–H groups in total. The van der Waals surface area contributed by atoms with E-state index in [4.69, 9.17) is 0 Å². The van der Waals surface area contributed by atoms with Crippen LogP contribution in [0, 0.1) is 0 Å². The van der Waals surface area contributed by atoms with Gasteiger partial charge in [-0.3, -0.25) is 4.79 Å². The molecule has 0 aliphatic rings. The van der Waals surface area contributed by atoms with Crippen LogP contribution in [0.15, 0.2) is 71.4 Å². The van der Waals surface area contributed by atoms with Crippen molar-refractivity contribution in [2.24, 2.45) is 0 Å². The molecule has 0 bridgehead atoms. The molecule has 2 aromatic carbocycles.